The molecule has 0 saturated heterocycles. The number of rotatable bonds is 19. The van der Waals surface area contributed by atoms with E-state index in [0.717, 1.165) is 25.7 Å². The summed E-state index contributed by atoms with van der Waals surface area (Å²) in [6.45, 7) is 4.47. The third kappa shape index (κ3) is 17.8. The maximum atomic E-state index is 11.5. The van der Waals surface area contributed by atoms with Gasteiger partial charge in [-0.3, -0.25) is 4.79 Å². The molecule has 0 spiro atoms. The predicted molar refractivity (Wildman–Crippen MR) is 112 cm³/mol. The minimum Gasteiger partial charge on any atom is -0.369 e. The predicted octanol–water partition coefficient (Wildman–Crippen LogP) is 7.32. The van der Waals surface area contributed by atoms with E-state index in [1.807, 2.05) is 0 Å². The van der Waals surface area contributed by atoms with E-state index in [4.69, 9.17) is 5.73 Å². The van der Waals surface area contributed by atoms with Gasteiger partial charge in [0.2, 0.25) is 5.91 Å². The van der Waals surface area contributed by atoms with Crippen molar-refractivity contribution < 1.29 is 4.79 Å². The maximum absolute atomic E-state index is 11.5. The van der Waals surface area contributed by atoms with Crippen molar-refractivity contribution in [3.05, 3.63) is 12.2 Å². The van der Waals surface area contributed by atoms with Crippen molar-refractivity contribution >= 4 is 5.91 Å². The summed E-state index contributed by atoms with van der Waals surface area (Å²) in [5, 5.41) is 0. The number of allylic oxidation sites excluding steroid dienone is 2. The molecule has 0 heterocycles. The first-order chi connectivity index (χ1) is 12.2. The summed E-state index contributed by atoms with van der Waals surface area (Å²) in [4.78, 5) is 11.5. The molecule has 148 valence electrons. The third-order valence-corrected chi connectivity index (χ3v) is 5.12. The van der Waals surface area contributed by atoms with Crippen LogP contribution in [0.1, 0.15) is 123 Å². The zero-order valence-electron chi connectivity index (χ0n) is 17.2. The van der Waals surface area contributed by atoms with E-state index in [1.54, 1.807) is 0 Å². The van der Waals surface area contributed by atoms with Crippen LogP contribution in [0.15, 0.2) is 12.2 Å². The first-order valence-electron chi connectivity index (χ1n) is 11.2. The summed E-state index contributed by atoms with van der Waals surface area (Å²) in [5.74, 6) is 0.0255. The highest BCUT2D eigenvalue weighted by atomic mass is 16.1. The summed E-state index contributed by atoms with van der Waals surface area (Å²) < 4.78 is 0. The number of amides is 1. The monoisotopic (exact) mass is 351 g/mol. The molecular formula is C23H45NO. The zero-order valence-corrected chi connectivity index (χ0v) is 17.2. The minimum absolute atomic E-state index is 0.0891. The van der Waals surface area contributed by atoms with Gasteiger partial charge in [-0.25, -0.2) is 0 Å². The zero-order chi connectivity index (χ0) is 18.6. The lowest BCUT2D eigenvalue weighted by Gasteiger charge is -2.12. The van der Waals surface area contributed by atoms with Gasteiger partial charge in [0.25, 0.3) is 0 Å². The van der Waals surface area contributed by atoms with E-state index in [0.29, 0.717) is 0 Å². The summed E-state index contributed by atoms with van der Waals surface area (Å²) in [5.41, 5.74) is 5.53. The lowest BCUT2D eigenvalue weighted by molar-refractivity contribution is -0.122. The molecule has 1 unspecified atom stereocenters. The molecule has 0 radical (unpaired) electrons. The van der Waals surface area contributed by atoms with Crippen LogP contribution in [0.3, 0.4) is 0 Å². The van der Waals surface area contributed by atoms with Gasteiger partial charge < -0.3 is 5.73 Å². The van der Waals surface area contributed by atoms with Gasteiger partial charge in [-0.1, -0.05) is 96.6 Å². The van der Waals surface area contributed by atoms with Crippen LogP contribution in [0.25, 0.3) is 0 Å². The van der Waals surface area contributed by atoms with E-state index in [-0.39, 0.29) is 11.8 Å². The number of carbonyl (C=O) groups excluding carboxylic acids is 1. The van der Waals surface area contributed by atoms with Crippen molar-refractivity contribution in [1.82, 2.24) is 0 Å². The van der Waals surface area contributed by atoms with E-state index in [9.17, 15) is 4.79 Å². The van der Waals surface area contributed by atoms with Crippen molar-refractivity contribution in [2.75, 3.05) is 0 Å². The fraction of sp³-hybridized carbons (Fsp3) is 0.870. The first kappa shape index (κ1) is 24.2. The highest BCUT2D eigenvalue weighted by Gasteiger charge is 2.13. The number of hydrogen-bond acceptors (Lipinski definition) is 1. The minimum atomic E-state index is -0.0891. The van der Waals surface area contributed by atoms with Crippen LogP contribution >= 0.6 is 0 Å². The van der Waals surface area contributed by atoms with Crippen LogP contribution in [-0.2, 0) is 4.79 Å². The Morgan fingerprint density at radius 3 is 1.60 bits per heavy atom. The Morgan fingerprint density at radius 2 is 1.08 bits per heavy atom. The maximum Gasteiger partial charge on any atom is 0.220 e. The molecule has 1 amide bonds. The third-order valence-electron chi connectivity index (χ3n) is 5.12. The fourth-order valence-corrected chi connectivity index (χ4v) is 3.35. The Bertz CT molecular complexity index is 311. The SMILES string of the molecule is CCCCCCCC/C=C\CCCCCCC(CCCCC)C(N)=O. The molecule has 2 nitrogen and oxygen atoms in total. The molecule has 0 fully saturated rings. The average molecular weight is 352 g/mol. The molecule has 0 aromatic carbocycles. The van der Waals surface area contributed by atoms with Crippen LogP contribution in [-0.4, -0.2) is 5.91 Å². The Balaban J connectivity index is 3.41. The fourth-order valence-electron chi connectivity index (χ4n) is 3.35. The first-order valence-corrected chi connectivity index (χ1v) is 11.2. The van der Waals surface area contributed by atoms with E-state index >= 15 is 0 Å². The standard InChI is InChI=1S/C23H45NO/c1-3-5-7-8-9-10-11-12-13-14-15-16-17-19-21-22(23(24)25)20-18-6-4-2/h12-13,22H,3-11,14-21H2,1-2H3,(H2,24,25)/b13-12-. The van der Waals surface area contributed by atoms with Crippen LogP contribution in [0.2, 0.25) is 0 Å². The van der Waals surface area contributed by atoms with Crippen LogP contribution in [0.4, 0.5) is 0 Å². The number of hydrogen-bond donors (Lipinski definition) is 1. The average Bonchev–Trinajstić information content (AvgIpc) is 2.60. The van der Waals surface area contributed by atoms with Crippen molar-refractivity contribution in [3.63, 3.8) is 0 Å². The lowest BCUT2D eigenvalue weighted by Crippen LogP contribution is -2.23. The molecule has 0 aromatic rings. The van der Waals surface area contributed by atoms with E-state index in [1.165, 1.54) is 83.5 Å². The van der Waals surface area contributed by atoms with E-state index in [2.05, 4.69) is 26.0 Å². The van der Waals surface area contributed by atoms with Gasteiger partial charge in [0.05, 0.1) is 0 Å². The van der Waals surface area contributed by atoms with Crippen molar-refractivity contribution in [1.29, 1.82) is 0 Å². The van der Waals surface area contributed by atoms with Gasteiger partial charge >= 0.3 is 0 Å². The lowest BCUT2D eigenvalue weighted by atomic mass is 9.94. The summed E-state index contributed by atoms with van der Waals surface area (Å²) in [6.07, 6.45) is 26.0. The normalized spacial score (nSPS) is 12.7. The van der Waals surface area contributed by atoms with Crippen molar-refractivity contribution in [3.8, 4) is 0 Å². The van der Waals surface area contributed by atoms with Gasteiger partial charge in [0, 0.05) is 5.92 Å². The molecule has 1 atom stereocenters. The molecule has 2 heteroatoms. The molecule has 25 heavy (non-hydrogen) atoms. The van der Waals surface area contributed by atoms with Crippen LogP contribution in [0, 0.1) is 5.92 Å². The second-order valence-corrected chi connectivity index (χ2v) is 7.61. The second kappa shape index (κ2) is 19.5. The number of unbranched alkanes of at least 4 members (excludes halogenated alkanes) is 12. The van der Waals surface area contributed by atoms with Crippen LogP contribution in [0.5, 0.6) is 0 Å². The van der Waals surface area contributed by atoms with Crippen molar-refractivity contribution in [2.24, 2.45) is 11.7 Å². The molecule has 0 aromatic heterocycles. The Hall–Kier alpha value is -0.790. The van der Waals surface area contributed by atoms with Gasteiger partial charge in [-0.15, -0.1) is 0 Å². The van der Waals surface area contributed by atoms with Gasteiger partial charge in [0.1, 0.15) is 0 Å². The highest BCUT2D eigenvalue weighted by molar-refractivity contribution is 5.76. The molecule has 0 aliphatic rings. The molecule has 0 saturated carbocycles. The summed E-state index contributed by atoms with van der Waals surface area (Å²) in [6, 6.07) is 0. The molecule has 0 bridgehead atoms. The topological polar surface area (TPSA) is 43.1 Å². The number of carbonyl (C=O) groups is 1. The van der Waals surface area contributed by atoms with Gasteiger partial charge in [0.15, 0.2) is 0 Å². The van der Waals surface area contributed by atoms with E-state index < -0.39 is 0 Å². The Labute approximate surface area is 158 Å². The molecule has 0 aliphatic heterocycles. The smallest absolute Gasteiger partial charge is 0.220 e. The van der Waals surface area contributed by atoms with Gasteiger partial charge in [-0.2, -0.15) is 0 Å². The Kier molecular flexibility index (Phi) is 18.9. The molecule has 2 N–H and O–H groups in total. The quantitative estimate of drug-likeness (QED) is 0.192. The number of nitrogens with two attached hydrogens (primary N) is 1. The van der Waals surface area contributed by atoms with Gasteiger partial charge in [-0.05, 0) is 38.5 Å². The highest BCUT2D eigenvalue weighted by Crippen LogP contribution is 2.18. The van der Waals surface area contributed by atoms with Crippen LogP contribution < -0.4 is 5.73 Å². The molecule has 0 aliphatic carbocycles. The summed E-state index contributed by atoms with van der Waals surface area (Å²) >= 11 is 0. The summed E-state index contributed by atoms with van der Waals surface area (Å²) in [7, 11) is 0. The molecule has 0 rings (SSSR count). The van der Waals surface area contributed by atoms with Crippen molar-refractivity contribution in [2.45, 2.75) is 123 Å². The molecular weight excluding hydrogens is 306 g/mol. The largest absolute Gasteiger partial charge is 0.369 e. The number of primary amides is 1. The second-order valence-electron chi connectivity index (χ2n) is 7.61. The Morgan fingerprint density at radius 1 is 0.680 bits per heavy atom.